The van der Waals surface area contributed by atoms with E-state index < -0.39 is 0 Å². The summed E-state index contributed by atoms with van der Waals surface area (Å²) in [5.41, 5.74) is 2.17. The maximum atomic E-state index is 5.93. The highest BCUT2D eigenvalue weighted by Crippen LogP contribution is 2.23. The Morgan fingerprint density at radius 2 is 2.10 bits per heavy atom. The zero-order valence-electron chi connectivity index (χ0n) is 12.4. The summed E-state index contributed by atoms with van der Waals surface area (Å²) in [4.78, 5) is 8.74. The summed E-state index contributed by atoms with van der Waals surface area (Å²) >= 11 is 0. The molecule has 4 heteroatoms. The molecule has 1 aliphatic carbocycles. The summed E-state index contributed by atoms with van der Waals surface area (Å²) in [7, 11) is 0. The van der Waals surface area contributed by atoms with Gasteiger partial charge in [0.25, 0.3) is 0 Å². The van der Waals surface area contributed by atoms with Gasteiger partial charge in [-0.25, -0.2) is 9.97 Å². The monoisotopic (exact) mass is 283 g/mol. The molecule has 21 heavy (non-hydrogen) atoms. The Morgan fingerprint density at radius 1 is 1.24 bits per heavy atom. The van der Waals surface area contributed by atoms with E-state index in [-0.39, 0.29) is 0 Å². The van der Waals surface area contributed by atoms with Crippen molar-refractivity contribution in [3.8, 4) is 5.88 Å². The van der Waals surface area contributed by atoms with Crippen LogP contribution in [0.25, 0.3) is 0 Å². The van der Waals surface area contributed by atoms with Crippen molar-refractivity contribution in [2.45, 2.75) is 45.3 Å². The molecule has 2 heterocycles. The third-order valence-electron chi connectivity index (χ3n) is 3.75. The van der Waals surface area contributed by atoms with E-state index in [0.717, 1.165) is 42.3 Å². The van der Waals surface area contributed by atoms with Crippen LogP contribution in [0.2, 0.25) is 0 Å². The van der Waals surface area contributed by atoms with Gasteiger partial charge in [0.15, 0.2) is 0 Å². The molecule has 0 amide bonds. The van der Waals surface area contributed by atoms with E-state index in [2.05, 4.69) is 15.3 Å². The van der Waals surface area contributed by atoms with Gasteiger partial charge in [-0.3, -0.25) is 0 Å². The number of pyridine rings is 2. The van der Waals surface area contributed by atoms with E-state index in [9.17, 15) is 0 Å². The van der Waals surface area contributed by atoms with Crippen LogP contribution in [0.3, 0.4) is 0 Å². The van der Waals surface area contributed by atoms with Crippen LogP contribution in [0, 0.1) is 6.92 Å². The van der Waals surface area contributed by atoms with Gasteiger partial charge in [0.05, 0.1) is 0 Å². The molecule has 2 aromatic heterocycles. The highest BCUT2D eigenvalue weighted by atomic mass is 16.5. The Balaban J connectivity index is 1.60. The molecule has 0 atom stereocenters. The molecular formula is C17H21N3O. The molecule has 1 fully saturated rings. The SMILES string of the molecule is Cc1cccc(NCc2ccnc(OC3CCCC3)c2)n1. The number of hydrogen-bond acceptors (Lipinski definition) is 4. The zero-order chi connectivity index (χ0) is 14.5. The first-order valence-corrected chi connectivity index (χ1v) is 7.59. The van der Waals surface area contributed by atoms with E-state index in [0.29, 0.717) is 6.10 Å². The molecule has 2 aromatic rings. The second-order valence-corrected chi connectivity index (χ2v) is 5.54. The van der Waals surface area contributed by atoms with Crippen molar-refractivity contribution in [3.63, 3.8) is 0 Å². The summed E-state index contributed by atoms with van der Waals surface area (Å²) in [6, 6.07) is 9.99. The van der Waals surface area contributed by atoms with Crippen LogP contribution in [-0.4, -0.2) is 16.1 Å². The molecule has 0 radical (unpaired) electrons. The predicted octanol–water partition coefficient (Wildman–Crippen LogP) is 3.72. The van der Waals surface area contributed by atoms with Gasteiger partial charge in [-0.05, 0) is 56.4 Å². The normalized spacial score (nSPS) is 15.1. The van der Waals surface area contributed by atoms with Crippen LogP contribution in [0.4, 0.5) is 5.82 Å². The minimum atomic E-state index is 0.346. The second kappa shape index (κ2) is 6.57. The Morgan fingerprint density at radius 3 is 2.90 bits per heavy atom. The molecule has 0 bridgehead atoms. The van der Waals surface area contributed by atoms with E-state index >= 15 is 0 Å². The topological polar surface area (TPSA) is 47.0 Å². The number of aryl methyl sites for hydroxylation is 1. The lowest BCUT2D eigenvalue weighted by Crippen LogP contribution is -2.12. The van der Waals surface area contributed by atoms with Gasteiger partial charge in [0, 0.05) is 24.5 Å². The van der Waals surface area contributed by atoms with Gasteiger partial charge in [0.1, 0.15) is 11.9 Å². The molecule has 0 saturated heterocycles. The Labute approximate surface area is 125 Å². The largest absolute Gasteiger partial charge is 0.474 e. The van der Waals surface area contributed by atoms with Gasteiger partial charge in [-0.2, -0.15) is 0 Å². The fourth-order valence-electron chi connectivity index (χ4n) is 2.64. The average Bonchev–Trinajstić information content (AvgIpc) is 2.99. The van der Waals surface area contributed by atoms with Crippen molar-refractivity contribution in [2.75, 3.05) is 5.32 Å². The first-order valence-electron chi connectivity index (χ1n) is 7.59. The van der Waals surface area contributed by atoms with Crippen LogP contribution in [0.1, 0.15) is 36.9 Å². The minimum Gasteiger partial charge on any atom is -0.474 e. The van der Waals surface area contributed by atoms with Crippen molar-refractivity contribution >= 4 is 5.82 Å². The summed E-state index contributed by atoms with van der Waals surface area (Å²) < 4.78 is 5.93. The van der Waals surface area contributed by atoms with E-state index in [1.807, 2.05) is 43.5 Å². The van der Waals surface area contributed by atoms with Crippen LogP contribution < -0.4 is 10.1 Å². The molecule has 4 nitrogen and oxygen atoms in total. The lowest BCUT2D eigenvalue weighted by molar-refractivity contribution is 0.201. The van der Waals surface area contributed by atoms with Gasteiger partial charge in [0.2, 0.25) is 5.88 Å². The first kappa shape index (κ1) is 13.9. The molecule has 0 spiro atoms. The zero-order valence-corrected chi connectivity index (χ0v) is 12.4. The molecule has 1 aliphatic rings. The van der Waals surface area contributed by atoms with Crippen LogP contribution in [0.5, 0.6) is 5.88 Å². The lowest BCUT2D eigenvalue weighted by Gasteiger charge is -2.13. The maximum absolute atomic E-state index is 5.93. The third kappa shape index (κ3) is 3.94. The van der Waals surface area contributed by atoms with E-state index in [4.69, 9.17) is 4.74 Å². The smallest absolute Gasteiger partial charge is 0.213 e. The van der Waals surface area contributed by atoms with Crippen LogP contribution >= 0.6 is 0 Å². The van der Waals surface area contributed by atoms with Crippen molar-refractivity contribution in [1.29, 1.82) is 0 Å². The summed E-state index contributed by atoms with van der Waals surface area (Å²) in [5, 5.41) is 3.33. The maximum Gasteiger partial charge on any atom is 0.213 e. The number of ether oxygens (including phenoxy) is 1. The minimum absolute atomic E-state index is 0.346. The average molecular weight is 283 g/mol. The number of anilines is 1. The van der Waals surface area contributed by atoms with E-state index in [1.54, 1.807) is 0 Å². The Hall–Kier alpha value is -2.10. The number of rotatable bonds is 5. The fourth-order valence-corrected chi connectivity index (χ4v) is 2.64. The van der Waals surface area contributed by atoms with Crippen molar-refractivity contribution in [2.24, 2.45) is 0 Å². The highest BCUT2D eigenvalue weighted by molar-refractivity contribution is 5.36. The molecule has 1 saturated carbocycles. The summed E-state index contributed by atoms with van der Waals surface area (Å²) in [6.07, 6.45) is 6.99. The predicted molar refractivity (Wildman–Crippen MR) is 83.4 cm³/mol. The van der Waals surface area contributed by atoms with E-state index in [1.165, 1.54) is 12.8 Å². The number of hydrogen-bond donors (Lipinski definition) is 1. The summed E-state index contributed by atoms with van der Waals surface area (Å²) in [5.74, 6) is 1.63. The molecule has 3 rings (SSSR count). The second-order valence-electron chi connectivity index (χ2n) is 5.54. The number of nitrogens with one attached hydrogen (secondary N) is 1. The number of aromatic nitrogens is 2. The fraction of sp³-hybridized carbons (Fsp3) is 0.412. The molecule has 0 aliphatic heterocycles. The quantitative estimate of drug-likeness (QED) is 0.908. The van der Waals surface area contributed by atoms with Crippen molar-refractivity contribution in [3.05, 3.63) is 47.8 Å². The van der Waals surface area contributed by atoms with Gasteiger partial charge in [-0.1, -0.05) is 6.07 Å². The first-order chi connectivity index (χ1) is 10.3. The highest BCUT2D eigenvalue weighted by Gasteiger charge is 2.16. The Kier molecular flexibility index (Phi) is 4.34. The molecule has 0 unspecified atom stereocenters. The summed E-state index contributed by atoms with van der Waals surface area (Å²) in [6.45, 7) is 2.71. The van der Waals surface area contributed by atoms with Crippen LogP contribution in [0.15, 0.2) is 36.5 Å². The molecule has 110 valence electrons. The van der Waals surface area contributed by atoms with Gasteiger partial charge in [-0.15, -0.1) is 0 Å². The standard InChI is InChI=1S/C17H21N3O/c1-13-5-4-8-16(20-13)19-12-14-9-10-18-17(11-14)21-15-6-2-3-7-15/h4-5,8-11,15H,2-3,6-7,12H2,1H3,(H,19,20). The lowest BCUT2D eigenvalue weighted by atomic mass is 10.2. The molecular weight excluding hydrogens is 262 g/mol. The van der Waals surface area contributed by atoms with Gasteiger partial charge < -0.3 is 10.1 Å². The molecule has 0 aromatic carbocycles. The Bertz CT molecular complexity index is 594. The van der Waals surface area contributed by atoms with Crippen molar-refractivity contribution in [1.82, 2.24) is 9.97 Å². The molecule has 1 N–H and O–H groups in total. The number of nitrogens with zero attached hydrogens (tertiary/aromatic N) is 2. The third-order valence-corrected chi connectivity index (χ3v) is 3.75. The van der Waals surface area contributed by atoms with Gasteiger partial charge >= 0.3 is 0 Å². The van der Waals surface area contributed by atoms with Crippen LogP contribution in [-0.2, 0) is 6.54 Å². The van der Waals surface area contributed by atoms with Crippen molar-refractivity contribution < 1.29 is 4.74 Å².